The molecule has 176 valence electrons. The zero-order valence-electron chi connectivity index (χ0n) is 20.8. The summed E-state index contributed by atoms with van der Waals surface area (Å²) in [7, 11) is 0. The van der Waals surface area contributed by atoms with Crippen molar-refractivity contribution in [3.63, 3.8) is 0 Å². The highest BCUT2D eigenvalue weighted by molar-refractivity contribution is 5.35. The summed E-state index contributed by atoms with van der Waals surface area (Å²) >= 11 is 0. The van der Waals surface area contributed by atoms with Gasteiger partial charge in [-0.1, -0.05) is 87.0 Å². The predicted molar refractivity (Wildman–Crippen MR) is 141 cm³/mol. The molecular formula is C31H42N2. The van der Waals surface area contributed by atoms with Crippen LogP contribution in [-0.4, -0.2) is 35.0 Å². The number of hydrogen-bond acceptors (Lipinski definition) is 2. The van der Waals surface area contributed by atoms with Crippen molar-refractivity contribution in [3.05, 3.63) is 95.2 Å². The minimum absolute atomic E-state index is 0.609. The number of fused-ring (bicyclic) bond motifs is 1. The van der Waals surface area contributed by atoms with E-state index in [0.29, 0.717) is 12.1 Å². The van der Waals surface area contributed by atoms with Crippen LogP contribution in [-0.2, 0) is 19.4 Å². The summed E-state index contributed by atoms with van der Waals surface area (Å²) in [5.41, 5.74) is 6.03. The summed E-state index contributed by atoms with van der Waals surface area (Å²) < 4.78 is 0. The summed E-state index contributed by atoms with van der Waals surface area (Å²) in [5, 5.41) is 0. The van der Waals surface area contributed by atoms with Crippen LogP contribution in [0.1, 0.15) is 69.1 Å². The average molecular weight is 443 g/mol. The highest BCUT2D eigenvalue weighted by atomic mass is 15.2. The van der Waals surface area contributed by atoms with E-state index in [0.717, 1.165) is 6.54 Å². The van der Waals surface area contributed by atoms with Crippen LogP contribution in [0.15, 0.2) is 78.5 Å². The summed E-state index contributed by atoms with van der Waals surface area (Å²) in [4.78, 5) is 5.51. The molecule has 1 aliphatic heterocycles. The predicted octanol–water partition coefficient (Wildman–Crippen LogP) is 7.16. The summed E-state index contributed by atoms with van der Waals surface area (Å²) in [6.45, 7) is 7.52. The van der Waals surface area contributed by atoms with Crippen LogP contribution in [0.4, 0.5) is 0 Å². The number of likely N-dealkylation sites (tertiary alicyclic amines) is 1. The van der Waals surface area contributed by atoms with E-state index in [1.54, 1.807) is 11.1 Å². The maximum atomic E-state index is 2.76. The second kappa shape index (κ2) is 12.2. The van der Waals surface area contributed by atoms with Gasteiger partial charge in [-0.25, -0.2) is 0 Å². The van der Waals surface area contributed by atoms with Gasteiger partial charge >= 0.3 is 0 Å². The minimum atomic E-state index is 0.609. The Balaban J connectivity index is 0.00000126. The normalized spacial score (nSPS) is 20.5. The quantitative estimate of drug-likeness (QED) is 0.449. The van der Waals surface area contributed by atoms with Gasteiger partial charge in [0, 0.05) is 30.9 Å². The Morgan fingerprint density at radius 1 is 0.879 bits per heavy atom. The van der Waals surface area contributed by atoms with E-state index in [1.807, 2.05) is 13.8 Å². The van der Waals surface area contributed by atoms with Crippen LogP contribution >= 0.6 is 0 Å². The highest BCUT2D eigenvalue weighted by Crippen LogP contribution is 2.30. The molecule has 2 heteroatoms. The molecule has 2 aromatic rings. The van der Waals surface area contributed by atoms with E-state index in [2.05, 4.69) is 82.6 Å². The molecule has 0 amide bonds. The lowest BCUT2D eigenvalue weighted by atomic mass is 9.97. The largest absolute Gasteiger partial charge is 0.368 e. The van der Waals surface area contributed by atoms with Crippen molar-refractivity contribution in [1.82, 2.24) is 9.80 Å². The zero-order chi connectivity index (χ0) is 22.9. The van der Waals surface area contributed by atoms with Crippen LogP contribution in [0.25, 0.3) is 0 Å². The van der Waals surface area contributed by atoms with Gasteiger partial charge < -0.3 is 4.90 Å². The highest BCUT2D eigenvalue weighted by Gasteiger charge is 2.29. The molecule has 1 atom stereocenters. The van der Waals surface area contributed by atoms with E-state index < -0.39 is 0 Å². The standard InChI is InChI=1S/C29H36N2.C2H6/c1-3-11-24(12-4-1)23-30-19-10-9-15-27(30)18-20-31(28-16-5-2-6-17-28)29-21-25-13-7-8-14-26(25)22-29;1-2/h1,3-5,7-8,11-14,16-17,27,29H,2,6,9-10,15,18-23H2;1-2H3/t27-;/m0./s1. The molecule has 0 aromatic heterocycles. The minimum Gasteiger partial charge on any atom is -0.368 e. The summed E-state index contributed by atoms with van der Waals surface area (Å²) in [5.74, 6) is 0. The number of rotatable bonds is 7. The molecule has 0 spiro atoms. The fourth-order valence-corrected chi connectivity index (χ4v) is 5.79. The molecule has 33 heavy (non-hydrogen) atoms. The zero-order valence-corrected chi connectivity index (χ0v) is 20.8. The second-order valence-electron chi connectivity index (χ2n) is 9.53. The number of nitrogens with zero attached hydrogens (tertiary/aromatic N) is 2. The monoisotopic (exact) mass is 442 g/mol. The van der Waals surface area contributed by atoms with Crippen LogP contribution in [0.5, 0.6) is 0 Å². The van der Waals surface area contributed by atoms with Gasteiger partial charge in [0.25, 0.3) is 0 Å². The first-order chi connectivity index (χ1) is 16.4. The van der Waals surface area contributed by atoms with Gasteiger partial charge in [-0.15, -0.1) is 0 Å². The van der Waals surface area contributed by atoms with E-state index in [9.17, 15) is 0 Å². The smallest absolute Gasteiger partial charge is 0.0370 e. The molecule has 2 aliphatic carbocycles. The maximum Gasteiger partial charge on any atom is 0.0370 e. The molecule has 0 radical (unpaired) electrons. The van der Waals surface area contributed by atoms with Crippen molar-refractivity contribution in [3.8, 4) is 0 Å². The van der Waals surface area contributed by atoms with Crippen LogP contribution in [0.2, 0.25) is 0 Å². The van der Waals surface area contributed by atoms with Gasteiger partial charge in [0.15, 0.2) is 0 Å². The van der Waals surface area contributed by atoms with Gasteiger partial charge in [-0.3, -0.25) is 4.90 Å². The molecule has 0 bridgehead atoms. The number of hydrogen-bond donors (Lipinski definition) is 0. The lowest BCUT2D eigenvalue weighted by Crippen LogP contribution is -2.43. The molecule has 3 aliphatic rings. The van der Waals surface area contributed by atoms with Gasteiger partial charge in [0.05, 0.1) is 0 Å². The van der Waals surface area contributed by atoms with Gasteiger partial charge in [0.1, 0.15) is 0 Å². The summed E-state index contributed by atoms with van der Waals surface area (Å²) in [6, 6.07) is 21.4. The van der Waals surface area contributed by atoms with Crippen molar-refractivity contribution in [2.24, 2.45) is 0 Å². The molecule has 5 rings (SSSR count). The molecule has 0 saturated carbocycles. The van der Waals surface area contributed by atoms with E-state index >= 15 is 0 Å². The third-order valence-electron chi connectivity index (χ3n) is 7.46. The number of allylic oxidation sites excluding steroid dienone is 3. The van der Waals surface area contributed by atoms with Crippen LogP contribution in [0.3, 0.4) is 0 Å². The molecule has 0 unspecified atom stereocenters. The molecule has 1 saturated heterocycles. The molecule has 0 N–H and O–H groups in total. The first-order valence-electron chi connectivity index (χ1n) is 13.3. The van der Waals surface area contributed by atoms with Gasteiger partial charge in [0.2, 0.25) is 0 Å². The Kier molecular flexibility index (Phi) is 8.83. The third-order valence-corrected chi connectivity index (χ3v) is 7.46. The van der Waals surface area contributed by atoms with Crippen LogP contribution < -0.4 is 0 Å². The first kappa shape index (κ1) is 23.8. The van der Waals surface area contributed by atoms with E-state index in [1.165, 1.54) is 75.7 Å². The average Bonchev–Trinajstić information content (AvgIpc) is 3.32. The van der Waals surface area contributed by atoms with Crippen molar-refractivity contribution in [1.29, 1.82) is 0 Å². The fourth-order valence-electron chi connectivity index (χ4n) is 5.79. The van der Waals surface area contributed by atoms with Gasteiger partial charge in [-0.05, 0) is 74.3 Å². The Morgan fingerprint density at radius 2 is 1.61 bits per heavy atom. The Hall–Kier alpha value is -2.32. The molecule has 2 nitrogen and oxygen atoms in total. The number of piperidine rings is 1. The fraction of sp³-hybridized carbons (Fsp3) is 0.484. The van der Waals surface area contributed by atoms with E-state index in [4.69, 9.17) is 0 Å². The van der Waals surface area contributed by atoms with E-state index in [-0.39, 0.29) is 0 Å². The first-order valence-corrected chi connectivity index (χ1v) is 13.3. The Labute approximate surface area is 202 Å². The van der Waals surface area contributed by atoms with Crippen molar-refractivity contribution < 1.29 is 0 Å². The summed E-state index contributed by atoms with van der Waals surface area (Å²) in [6.07, 6.45) is 17.3. The van der Waals surface area contributed by atoms with Gasteiger partial charge in [-0.2, -0.15) is 0 Å². The van der Waals surface area contributed by atoms with Crippen LogP contribution in [0, 0.1) is 0 Å². The SMILES string of the molecule is C1=CC(N(CC[C@@H]2CCCCN2Cc2ccccc2)C2Cc3ccccc3C2)=CCC1.CC. The Bertz CT molecular complexity index is 889. The second-order valence-corrected chi connectivity index (χ2v) is 9.53. The topological polar surface area (TPSA) is 6.48 Å². The van der Waals surface area contributed by atoms with Crippen molar-refractivity contribution in [2.45, 2.75) is 83.8 Å². The van der Waals surface area contributed by atoms with Crippen molar-refractivity contribution in [2.75, 3.05) is 13.1 Å². The number of benzene rings is 2. The molecule has 1 heterocycles. The lowest BCUT2D eigenvalue weighted by molar-refractivity contribution is 0.117. The molecule has 1 fully saturated rings. The molecular weight excluding hydrogens is 400 g/mol. The third kappa shape index (κ3) is 6.18. The maximum absolute atomic E-state index is 2.76. The van der Waals surface area contributed by atoms with Crippen molar-refractivity contribution >= 4 is 0 Å². The molecule has 2 aromatic carbocycles. The Morgan fingerprint density at radius 3 is 2.30 bits per heavy atom. The lowest BCUT2D eigenvalue weighted by Gasteiger charge is -2.39.